The molecule has 0 bridgehead atoms. The molecule has 25 heavy (non-hydrogen) atoms. The van der Waals surface area contributed by atoms with Crippen molar-refractivity contribution in [1.29, 1.82) is 0 Å². The highest BCUT2D eigenvalue weighted by Crippen LogP contribution is 2.25. The van der Waals surface area contributed by atoms with Crippen LogP contribution in [0.3, 0.4) is 0 Å². The molecule has 4 amide bonds. The number of hydrogen-bond donors (Lipinski definition) is 1. The van der Waals surface area contributed by atoms with E-state index in [0.29, 0.717) is 11.4 Å². The highest BCUT2D eigenvalue weighted by Gasteiger charge is 2.34. The van der Waals surface area contributed by atoms with Crippen molar-refractivity contribution in [3.8, 4) is 0 Å². The number of imide groups is 2. The van der Waals surface area contributed by atoms with Crippen LogP contribution < -0.4 is 10.6 Å². The third kappa shape index (κ3) is 2.65. The van der Waals surface area contributed by atoms with Gasteiger partial charge in [-0.1, -0.05) is 0 Å². The Morgan fingerprint density at radius 3 is 2.16 bits per heavy atom. The molecule has 7 heteroatoms. The molecule has 3 rings (SSSR count). The smallest absolute Gasteiger partial charge is 0.265 e. The molecule has 2 aromatic carbocycles. The largest absolute Gasteiger partial charge is 0.399 e. The minimum atomic E-state index is -0.588. The lowest BCUT2D eigenvalue weighted by Gasteiger charge is -2.19. The van der Waals surface area contributed by atoms with Crippen LogP contribution in [0, 0.1) is 0 Å². The molecule has 2 aromatic rings. The van der Waals surface area contributed by atoms with Crippen LogP contribution in [0.15, 0.2) is 42.5 Å². The summed E-state index contributed by atoms with van der Waals surface area (Å²) in [5, 5.41) is 0. The summed E-state index contributed by atoms with van der Waals surface area (Å²) in [4.78, 5) is 50.8. The van der Waals surface area contributed by atoms with E-state index in [-0.39, 0.29) is 16.7 Å². The molecule has 0 saturated heterocycles. The van der Waals surface area contributed by atoms with Crippen LogP contribution in [-0.4, -0.2) is 35.6 Å². The number of fused-ring (bicyclic) bond motifs is 1. The van der Waals surface area contributed by atoms with Gasteiger partial charge in [0.2, 0.25) is 5.91 Å². The Labute approximate surface area is 143 Å². The fourth-order valence-electron chi connectivity index (χ4n) is 2.69. The number of nitrogens with two attached hydrogens (primary N) is 1. The molecule has 0 fully saturated rings. The lowest BCUT2D eigenvalue weighted by atomic mass is 10.0. The maximum absolute atomic E-state index is 12.8. The van der Waals surface area contributed by atoms with E-state index < -0.39 is 23.6 Å². The Bertz CT molecular complexity index is 918. The second-order valence-corrected chi connectivity index (χ2v) is 5.68. The van der Waals surface area contributed by atoms with Crippen LogP contribution in [-0.2, 0) is 4.79 Å². The number of nitrogen functional groups attached to an aromatic ring is 1. The summed E-state index contributed by atoms with van der Waals surface area (Å²) in [5.41, 5.74) is 7.04. The average molecular weight is 337 g/mol. The summed E-state index contributed by atoms with van der Waals surface area (Å²) >= 11 is 0. The van der Waals surface area contributed by atoms with Crippen molar-refractivity contribution >= 4 is 35.0 Å². The van der Waals surface area contributed by atoms with Crippen LogP contribution in [0.4, 0.5) is 11.4 Å². The summed E-state index contributed by atoms with van der Waals surface area (Å²) < 4.78 is 0. The minimum absolute atomic E-state index is 0.141. The number of amides is 4. The Balaban J connectivity index is 2.02. The van der Waals surface area contributed by atoms with E-state index in [9.17, 15) is 19.2 Å². The number of carbonyl (C=O) groups excluding carboxylic acids is 4. The first kappa shape index (κ1) is 16.4. The maximum Gasteiger partial charge on any atom is 0.265 e. The standard InChI is InChI=1S/C18H15N3O4/c1-10(22)21(13-6-4-12(19)5-7-13)16(23)11-3-8-14-15(9-11)18(25)20(2)17(14)24/h3-9H,19H2,1-2H3. The first-order valence-corrected chi connectivity index (χ1v) is 7.48. The quantitative estimate of drug-likeness (QED) is 0.664. The number of hydrogen-bond acceptors (Lipinski definition) is 5. The van der Waals surface area contributed by atoms with Gasteiger partial charge in [0, 0.05) is 25.2 Å². The first-order valence-electron chi connectivity index (χ1n) is 7.48. The van der Waals surface area contributed by atoms with Gasteiger partial charge in [-0.3, -0.25) is 24.1 Å². The molecule has 1 aliphatic rings. The van der Waals surface area contributed by atoms with Crippen molar-refractivity contribution in [1.82, 2.24) is 4.90 Å². The van der Waals surface area contributed by atoms with E-state index in [1.807, 2.05) is 0 Å². The fraction of sp³-hybridized carbons (Fsp3) is 0.111. The molecular weight excluding hydrogens is 322 g/mol. The summed E-state index contributed by atoms with van der Waals surface area (Å²) in [6.07, 6.45) is 0. The fourth-order valence-corrected chi connectivity index (χ4v) is 2.69. The molecule has 1 aliphatic heterocycles. The molecule has 0 saturated carbocycles. The molecule has 0 spiro atoms. The van der Waals surface area contributed by atoms with Crippen molar-refractivity contribution in [3.05, 3.63) is 59.2 Å². The van der Waals surface area contributed by atoms with Crippen LogP contribution in [0.1, 0.15) is 38.0 Å². The molecule has 126 valence electrons. The summed E-state index contributed by atoms with van der Waals surface area (Å²) in [6.45, 7) is 1.27. The highest BCUT2D eigenvalue weighted by atomic mass is 16.2. The number of rotatable bonds is 2. The maximum atomic E-state index is 12.8. The third-order valence-corrected chi connectivity index (χ3v) is 4.01. The zero-order valence-corrected chi connectivity index (χ0v) is 13.6. The molecule has 0 aliphatic carbocycles. The zero-order chi connectivity index (χ0) is 18.3. The van der Waals surface area contributed by atoms with Crippen molar-refractivity contribution in [2.75, 3.05) is 17.7 Å². The topological polar surface area (TPSA) is 101 Å². The Hall–Kier alpha value is -3.48. The van der Waals surface area contributed by atoms with Crippen LogP contribution in [0.2, 0.25) is 0 Å². The van der Waals surface area contributed by atoms with Crippen molar-refractivity contribution in [3.63, 3.8) is 0 Å². The van der Waals surface area contributed by atoms with Gasteiger partial charge in [-0.15, -0.1) is 0 Å². The van der Waals surface area contributed by atoms with E-state index in [1.165, 1.54) is 32.2 Å². The van der Waals surface area contributed by atoms with Gasteiger partial charge in [0.15, 0.2) is 0 Å². The number of anilines is 2. The van der Waals surface area contributed by atoms with Gasteiger partial charge in [0.1, 0.15) is 0 Å². The Kier molecular flexibility index (Phi) is 3.84. The van der Waals surface area contributed by atoms with E-state index >= 15 is 0 Å². The average Bonchev–Trinajstić information content (AvgIpc) is 2.80. The van der Waals surface area contributed by atoms with E-state index in [0.717, 1.165) is 9.80 Å². The number of benzene rings is 2. The van der Waals surface area contributed by atoms with Crippen molar-refractivity contribution in [2.24, 2.45) is 0 Å². The number of nitrogens with zero attached hydrogens (tertiary/aromatic N) is 2. The minimum Gasteiger partial charge on any atom is -0.399 e. The Morgan fingerprint density at radius 1 is 0.960 bits per heavy atom. The van der Waals surface area contributed by atoms with Crippen LogP contribution >= 0.6 is 0 Å². The third-order valence-electron chi connectivity index (χ3n) is 4.01. The van der Waals surface area contributed by atoms with E-state index in [1.54, 1.807) is 24.3 Å². The summed E-state index contributed by atoms with van der Waals surface area (Å²) in [5.74, 6) is -1.96. The van der Waals surface area contributed by atoms with Crippen LogP contribution in [0.25, 0.3) is 0 Å². The second kappa shape index (κ2) is 5.86. The normalized spacial score (nSPS) is 13.0. The van der Waals surface area contributed by atoms with E-state index in [4.69, 9.17) is 5.73 Å². The first-order chi connectivity index (χ1) is 11.8. The zero-order valence-electron chi connectivity index (χ0n) is 13.6. The second-order valence-electron chi connectivity index (χ2n) is 5.68. The molecule has 1 heterocycles. The van der Waals surface area contributed by atoms with Gasteiger partial charge >= 0.3 is 0 Å². The predicted molar refractivity (Wildman–Crippen MR) is 91.2 cm³/mol. The SMILES string of the molecule is CC(=O)N(C(=O)c1ccc2c(c1)C(=O)N(C)C2=O)c1ccc(N)cc1. The summed E-state index contributed by atoms with van der Waals surface area (Å²) in [6, 6.07) is 10.5. The lowest BCUT2D eigenvalue weighted by Crippen LogP contribution is -2.35. The van der Waals surface area contributed by atoms with Gasteiger partial charge in [-0.25, -0.2) is 4.90 Å². The monoisotopic (exact) mass is 337 g/mol. The predicted octanol–water partition coefficient (Wildman–Crippen LogP) is 1.69. The summed E-state index contributed by atoms with van der Waals surface area (Å²) in [7, 11) is 1.38. The molecule has 0 unspecified atom stereocenters. The van der Waals surface area contributed by atoms with Crippen LogP contribution in [0.5, 0.6) is 0 Å². The van der Waals surface area contributed by atoms with Gasteiger partial charge < -0.3 is 5.73 Å². The van der Waals surface area contributed by atoms with E-state index in [2.05, 4.69) is 0 Å². The molecule has 2 N–H and O–H groups in total. The van der Waals surface area contributed by atoms with Gasteiger partial charge in [-0.05, 0) is 42.5 Å². The molecular formula is C18H15N3O4. The highest BCUT2D eigenvalue weighted by molar-refractivity contribution is 6.24. The molecule has 0 radical (unpaired) electrons. The van der Waals surface area contributed by atoms with Crippen molar-refractivity contribution < 1.29 is 19.2 Å². The van der Waals surface area contributed by atoms with Gasteiger partial charge in [0.25, 0.3) is 17.7 Å². The van der Waals surface area contributed by atoms with Gasteiger partial charge in [0.05, 0.1) is 16.8 Å². The lowest BCUT2D eigenvalue weighted by molar-refractivity contribution is -0.115. The van der Waals surface area contributed by atoms with Gasteiger partial charge in [-0.2, -0.15) is 0 Å². The molecule has 0 atom stereocenters. The van der Waals surface area contributed by atoms with Crippen molar-refractivity contribution in [2.45, 2.75) is 6.92 Å². The molecule has 0 aromatic heterocycles. The Morgan fingerprint density at radius 2 is 1.56 bits per heavy atom. The molecule has 7 nitrogen and oxygen atoms in total. The number of carbonyl (C=O) groups is 4.